The molecular formula is C31H45BClN3O7. The van der Waals surface area contributed by atoms with Crippen LogP contribution in [-0.2, 0) is 25.2 Å². The van der Waals surface area contributed by atoms with E-state index in [4.69, 9.17) is 35.5 Å². The molecule has 1 spiro atoms. The monoisotopic (exact) mass is 617 g/mol. The van der Waals surface area contributed by atoms with Gasteiger partial charge in [-0.05, 0) is 108 Å². The second-order valence-electron chi connectivity index (χ2n) is 14.2. The Labute approximate surface area is 259 Å². The maximum Gasteiger partial charge on any atom is 0.495 e. The number of halogens is 1. The molecule has 4 aliphatic rings. The molecule has 1 aliphatic carbocycles. The number of piperidine rings is 1. The Bertz CT molecular complexity index is 1340. The van der Waals surface area contributed by atoms with Gasteiger partial charge in [0.2, 0.25) is 0 Å². The van der Waals surface area contributed by atoms with Crippen molar-refractivity contribution in [3.8, 4) is 0 Å². The summed E-state index contributed by atoms with van der Waals surface area (Å²) in [5.74, 6) is 0. The van der Waals surface area contributed by atoms with Crippen molar-refractivity contribution in [1.82, 2.24) is 14.7 Å². The molecule has 1 saturated carbocycles. The van der Waals surface area contributed by atoms with Gasteiger partial charge in [0.25, 0.3) is 0 Å². The highest BCUT2D eigenvalue weighted by atomic mass is 35.5. The minimum absolute atomic E-state index is 0.0980. The fraction of sp³-hybridized carbons (Fsp3) is 0.742. The molecule has 1 unspecified atom stereocenters. The van der Waals surface area contributed by atoms with Crippen LogP contribution in [0.5, 0.6) is 0 Å². The fourth-order valence-corrected chi connectivity index (χ4v) is 7.87. The molecule has 2 N–H and O–H groups in total. The second kappa shape index (κ2) is 11.5. The second-order valence-corrected chi connectivity index (χ2v) is 14.6. The van der Waals surface area contributed by atoms with Crippen molar-refractivity contribution in [1.29, 1.82) is 0 Å². The molecule has 1 aromatic heterocycles. The van der Waals surface area contributed by atoms with Gasteiger partial charge in [-0.1, -0.05) is 11.6 Å². The highest BCUT2D eigenvalue weighted by Gasteiger charge is 2.55. The van der Waals surface area contributed by atoms with Crippen molar-refractivity contribution in [2.75, 3.05) is 32.9 Å². The molecule has 6 rings (SSSR count). The van der Waals surface area contributed by atoms with E-state index in [0.717, 1.165) is 60.6 Å². The van der Waals surface area contributed by atoms with Crippen LogP contribution in [0.2, 0.25) is 5.02 Å². The summed E-state index contributed by atoms with van der Waals surface area (Å²) in [6.07, 6.45) is 8.05. The zero-order chi connectivity index (χ0) is 30.6. The molecule has 236 valence electrons. The van der Waals surface area contributed by atoms with Gasteiger partial charge in [0.1, 0.15) is 0 Å². The first kappa shape index (κ1) is 31.1. The van der Waals surface area contributed by atoms with E-state index in [-0.39, 0.29) is 11.6 Å². The topological polar surface area (TPSA) is 116 Å². The summed E-state index contributed by atoms with van der Waals surface area (Å²) in [7, 11) is -0.612. The van der Waals surface area contributed by atoms with Crippen LogP contribution in [0.3, 0.4) is 0 Å². The Morgan fingerprint density at radius 2 is 1.91 bits per heavy atom. The molecule has 10 nitrogen and oxygen atoms in total. The number of fused-ring (bicyclic) bond motifs is 1. The van der Waals surface area contributed by atoms with Crippen molar-refractivity contribution in [3.63, 3.8) is 0 Å². The molecule has 0 bridgehead atoms. The molecule has 1 amide bonds. The Morgan fingerprint density at radius 1 is 1.16 bits per heavy atom. The number of nitrogens with zero attached hydrogens (tertiary/aromatic N) is 3. The lowest BCUT2D eigenvalue weighted by molar-refractivity contribution is -0.159. The van der Waals surface area contributed by atoms with E-state index in [2.05, 4.69) is 0 Å². The van der Waals surface area contributed by atoms with Crippen molar-refractivity contribution >= 4 is 41.2 Å². The largest absolute Gasteiger partial charge is 0.495 e. The zero-order valence-electron chi connectivity index (χ0n) is 25.9. The minimum atomic E-state index is -0.871. The van der Waals surface area contributed by atoms with Crippen LogP contribution < -0.4 is 5.46 Å². The first-order chi connectivity index (χ1) is 20.3. The van der Waals surface area contributed by atoms with E-state index < -0.39 is 30.0 Å². The SMILES string of the molecule is CC1(C)OB(c2c(CCOCCC3(O)CC4(CCCN(C(=O)O)C4)C3)c(Cl)cc3c2cnn3C2CCCCO2)OC1(C)C. The molecular weight excluding hydrogens is 573 g/mol. The van der Waals surface area contributed by atoms with E-state index in [1.54, 1.807) is 0 Å². The molecule has 2 aromatic rings. The van der Waals surface area contributed by atoms with Gasteiger partial charge in [-0.3, -0.25) is 0 Å². The van der Waals surface area contributed by atoms with Crippen molar-refractivity contribution < 1.29 is 33.8 Å². The quantitative estimate of drug-likeness (QED) is 0.317. The van der Waals surface area contributed by atoms with Crippen LogP contribution in [0.4, 0.5) is 4.79 Å². The molecule has 4 heterocycles. The number of ether oxygens (including phenoxy) is 2. The van der Waals surface area contributed by atoms with Crippen molar-refractivity contribution in [3.05, 3.63) is 22.8 Å². The van der Waals surface area contributed by atoms with Crippen molar-refractivity contribution in [2.24, 2.45) is 5.41 Å². The van der Waals surface area contributed by atoms with E-state index in [9.17, 15) is 15.0 Å². The Hall–Kier alpha value is -1.89. The third-order valence-corrected chi connectivity index (χ3v) is 10.8. The van der Waals surface area contributed by atoms with E-state index >= 15 is 0 Å². The number of carbonyl (C=O) groups is 1. The number of benzene rings is 1. The number of aromatic nitrogens is 2. The highest BCUT2D eigenvalue weighted by Crippen LogP contribution is 2.54. The van der Waals surface area contributed by atoms with Crippen LogP contribution in [0, 0.1) is 5.41 Å². The summed E-state index contributed by atoms with van der Waals surface area (Å²) in [4.78, 5) is 12.9. The van der Waals surface area contributed by atoms with Gasteiger partial charge >= 0.3 is 13.2 Å². The van der Waals surface area contributed by atoms with E-state index in [1.807, 2.05) is 44.6 Å². The standard InChI is InChI=1S/C31H45BClN3O7/c1-28(2)29(3,4)43-32(42-28)26-21(23(33)16-24-22(26)17-34-36(24)25-8-5-6-13-41-25)9-14-40-15-11-31(39)18-30(19-31)10-7-12-35(20-30)27(37)38/h16-17,25,39H,5-15,18-20H2,1-4H3,(H,37,38). The molecule has 12 heteroatoms. The lowest BCUT2D eigenvalue weighted by Crippen LogP contribution is -2.59. The van der Waals surface area contributed by atoms with Crippen LogP contribution in [0.25, 0.3) is 10.9 Å². The van der Waals surface area contributed by atoms with Crippen LogP contribution >= 0.6 is 11.6 Å². The summed E-state index contributed by atoms with van der Waals surface area (Å²) in [6, 6.07) is 1.97. The number of likely N-dealkylation sites (tertiary alicyclic amines) is 1. The van der Waals surface area contributed by atoms with Crippen LogP contribution in [-0.4, -0.2) is 87.8 Å². The summed E-state index contributed by atoms with van der Waals surface area (Å²) in [5, 5.41) is 26.8. The molecule has 43 heavy (non-hydrogen) atoms. The van der Waals surface area contributed by atoms with Gasteiger partial charge in [0.15, 0.2) is 6.23 Å². The Morgan fingerprint density at radius 3 is 2.58 bits per heavy atom. The predicted octanol–water partition coefficient (Wildman–Crippen LogP) is 4.92. The van der Waals surface area contributed by atoms with Crippen LogP contribution in [0.15, 0.2) is 12.3 Å². The number of amides is 1. The van der Waals surface area contributed by atoms with E-state index in [1.165, 1.54) is 4.90 Å². The third kappa shape index (κ3) is 5.93. The Balaban J connectivity index is 1.15. The smallest absolute Gasteiger partial charge is 0.465 e. The predicted molar refractivity (Wildman–Crippen MR) is 164 cm³/mol. The lowest BCUT2D eigenvalue weighted by Gasteiger charge is -2.57. The number of hydrogen-bond acceptors (Lipinski definition) is 7. The van der Waals surface area contributed by atoms with Gasteiger partial charge < -0.3 is 33.9 Å². The zero-order valence-corrected chi connectivity index (χ0v) is 26.6. The van der Waals surface area contributed by atoms with Gasteiger partial charge in [-0.2, -0.15) is 5.10 Å². The summed E-state index contributed by atoms with van der Waals surface area (Å²) in [5.41, 5.74) is 0.758. The van der Waals surface area contributed by atoms with E-state index in [0.29, 0.717) is 57.0 Å². The van der Waals surface area contributed by atoms with Crippen molar-refractivity contribution in [2.45, 2.75) is 109 Å². The summed E-state index contributed by atoms with van der Waals surface area (Å²) in [6.45, 7) is 10.8. The maximum absolute atomic E-state index is 11.5. The average Bonchev–Trinajstić information content (AvgIpc) is 3.44. The highest BCUT2D eigenvalue weighted by molar-refractivity contribution is 6.66. The van der Waals surface area contributed by atoms with Crippen LogP contribution in [0.1, 0.15) is 90.9 Å². The third-order valence-electron chi connectivity index (χ3n) is 10.5. The normalized spacial score (nSPS) is 30.2. The maximum atomic E-state index is 11.5. The lowest BCUT2D eigenvalue weighted by atomic mass is 9.55. The van der Waals surface area contributed by atoms with Gasteiger partial charge in [-0.15, -0.1) is 0 Å². The molecule has 0 radical (unpaired) electrons. The molecule has 3 saturated heterocycles. The number of carboxylic acid groups (broad SMARTS) is 1. The molecule has 1 atom stereocenters. The summed E-state index contributed by atoms with van der Waals surface area (Å²) >= 11 is 7.00. The number of rotatable bonds is 8. The first-order valence-corrected chi connectivity index (χ1v) is 16.1. The molecule has 3 aliphatic heterocycles. The number of hydrogen-bond donors (Lipinski definition) is 2. The average molecular weight is 618 g/mol. The fourth-order valence-electron chi connectivity index (χ4n) is 7.57. The molecule has 1 aromatic carbocycles. The Kier molecular flexibility index (Phi) is 8.31. The minimum Gasteiger partial charge on any atom is -0.465 e. The molecule has 4 fully saturated rings. The van der Waals surface area contributed by atoms with Gasteiger partial charge in [0.05, 0.1) is 35.1 Å². The van der Waals surface area contributed by atoms with Gasteiger partial charge in [0, 0.05) is 36.7 Å². The number of aliphatic hydroxyl groups is 1. The first-order valence-electron chi connectivity index (χ1n) is 15.8. The summed E-state index contributed by atoms with van der Waals surface area (Å²) < 4.78 is 27.1. The van der Waals surface area contributed by atoms with Gasteiger partial charge in [-0.25, -0.2) is 9.48 Å².